The number of anilines is 1. The van der Waals surface area contributed by atoms with Gasteiger partial charge in [0.15, 0.2) is 17.8 Å². The summed E-state index contributed by atoms with van der Waals surface area (Å²) >= 11 is 0. The first-order valence-corrected chi connectivity index (χ1v) is 13.2. The number of amides is 1. The van der Waals surface area contributed by atoms with Crippen molar-refractivity contribution < 1.29 is 27.2 Å². The Labute approximate surface area is 223 Å². The number of carbonyl (C=O) groups is 1. The number of rotatable bonds is 5. The fourth-order valence-corrected chi connectivity index (χ4v) is 6.20. The van der Waals surface area contributed by atoms with Crippen molar-refractivity contribution in [3.63, 3.8) is 0 Å². The molecule has 0 N–H and O–H groups in total. The van der Waals surface area contributed by atoms with Crippen LogP contribution in [0.3, 0.4) is 0 Å². The summed E-state index contributed by atoms with van der Waals surface area (Å²) in [6, 6.07) is 8.39. The van der Waals surface area contributed by atoms with E-state index in [-0.39, 0.29) is 24.3 Å². The third kappa shape index (κ3) is 4.30. The minimum atomic E-state index is -1.78. The van der Waals surface area contributed by atoms with E-state index in [9.17, 15) is 13.6 Å². The Bertz CT molecular complexity index is 1540. The zero-order valence-electron chi connectivity index (χ0n) is 22.0. The van der Waals surface area contributed by atoms with E-state index in [4.69, 9.17) is 14.2 Å². The van der Waals surface area contributed by atoms with Crippen molar-refractivity contribution in [2.75, 3.05) is 12.0 Å². The zero-order valence-corrected chi connectivity index (χ0v) is 22.0. The normalized spacial score (nSPS) is 23.7. The molecule has 0 spiro atoms. The molecule has 2 aromatic heterocycles. The molecule has 3 heterocycles. The number of halogens is 3. The van der Waals surface area contributed by atoms with Crippen LogP contribution in [0.1, 0.15) is 61.5 Å². The second-order valence-electron chi connectivity index (χ2n) is 10.4. The van der Waals surface area contributed by atoms with Crippen molar-refractivity contribution in [3.8, 4) is 11.1 Å². The lowest BCUT2D eigenvalue weighted by molar-refractivity contribution is -0.121. The third-order valence-electron chi connectivity index (χ3n) is 8.11. The summed E-state index contributed by atoms with van der Waals surface area (Å²) in [6.07, 6.45) is 1.64. The number of ether oxygens (including phenoxy) is 1. The fraction of sp³-hybridized carbons (Fsp3) is 0.414. The summed E-state index contributed by atoms with van der Waals surface area (Å²) in [6.45, 7) is 3.72. The maximum absolute atomic E-state index is 15.0. The smallest absolute Gasteiger partial charge is 0.262 e. The number of fused-ring (bicyclic) bond motifs is 1. The van der Waals surface area contributed by atoms with Crippen molar-refractivity contribution in [1.82, 2.24) is 14.7 Å². The minimum absolute atomic E-state index is 0.0573. The Morgan fingerprint density at radius 1 is 1.03 bits per heavy atom. The van der Waals surface area contributed by atoms with Gasteiger partial charge in [-0.15, -0.1) is 0 Å². The number of aryl methyl sites for hydroxylation is 2. The van der Waals surface area contributed by atoms with Gasteiger partial charge >= 0.3 is 0 Å². The number of methoxy groups -OCH3 is 1. The van der Waals surface area contributed by atoms with Crippen LogP contribution < -0.4 is 4.90 Å². The average molecular weight is 539 g/mol. The summed E-state index contributed by atoms with van der Waals surface area (Å²) in [5, 5.41) is 4.06. The number of hydrogen-bond donors (Lipinski definition) is 0. The molecule has 0 bridgehead atoms. The number of alkyl halides is 1. The van der Waals surface area contributed by atoms with Gasteiger partial charge in [-0.25, -0.2) is 18.2 Å². The van der Waals surface area contributed by atoms with Crippen LogP contribution in [0.15, 0.2) is 40.9 Å². The standard InChI is InChI=1S/C29H29F3N4O3/c1-15-27(16(2)39-34-15)17-4-11-25-24(12-17)33-28(35(25)18-5-8-20(38-3)9-6-18)26-14-23(32)29(37)36(26)19-7-10-21(30)22(31)13-19/h4,7,10-13,18,20,23,26H,5-6,8-9,14H2,1-3H3/t18-,20-,23-,26-/m0/s1. The quantitative estimate of drug-likeness (QED) is 0.289. The van der Waals surface area contributed by atoms with Crippen LogP contribution in [0.25, 0.3) is 22.2 Å². The summed E-state index contributed by atoms with van der Waals surface area (Å²) in [7, 11) is 1.71. The van der Waals surface area contributed by atoms with Crippen molar-refractivity contribution >= 4 is 22.6 Å². The second kappa shape index (κ2) is 9.82. The number of nitrogens with zero attached hydrogens (tertiary/aromatic N) is 4. The number of benzene rings is 2. The monoisotopic (exact) mass is 538 g/mol. The molecule has 2 fully saturated rings. The molecule has 2 aromatic carbocycles. The molecule has 0 radical (unpaired) electrons. The van der Waals surface area contributed by atoms with Crippen molar-refractivity contribution in [1.29, 1.82) is 0 Å². The minimum Gasteiger partial charge on any atom is -0.381 e. The highest BCUT2D eigenvalue weighted by atomic mass is 19.2. The van der Waals surface area contributed by atoms with Crippen LogP contribution >= 0.6 is 0 Å². The van der Waals surface area contributed by atoms with Gasteiger partial charge in [0.1, 0.15) is 11.6 Å². The summed E-state index contributed by atoms with van der Waals surface area (Å²) in [5.41, 5.74) is 4.19. The molecule has 1 aliphatic carbocycles. The topological polar surface area (TPSA) is 73.4 Å². The van der Waals surface area contributed by atoms with E-state index < -0.39 is 29.8 Å². The molecule has 1 aliphatic heterocycles. The van der Waals surface area contributed by atoms with Crippen molar-refractivity contribution in [2.45, 2.75) is 70.3 Å². The van der Waals surface area contributed by atoms with Gasteiger partial charge in [0.05, 0.1) is 28.9 Å². The molecule has 6 rings (SSSR count). The van der Waals surface area contributed by atoms with Gasteiger partial charge in [0, 0.05) is 36.9 Å². The van der Waals surface area contributed by atoms with Crippen LogP contribution in [0, 0.1) is 25.5 Å². The third-order valence-corrected chi connectivity index (χ3v) is 8.11. The Morgan fingerprint density at radius 2 is 1.79 bits per heavy atom. The summed E-state index contributed by atoms with van der Waals surface area (Å²) in [4.78, 5) is 19.2. The Morgan fingerprint density at radius 3 is 2.46 bits per heavy atom. The van der Waals surface area contributed by atoms with Crippen LogP contribution in [0.5, 0.6) is 0 Å². The van der Waals surface area contributed by atoms with E-state index in [1.54, 1.807) is 7.11 Å². The lowest BCUT2D eigenvalue weighted by Gasteiger charge is -2.32. The highest BCUT2D eigenvalue weighted by molar-refractivity contribution is 5.99. The predicted molar refractivity (Wildman–Crippen MR) is 139 cm³/mol. The van der Waals surface area contributed by atoms with E-state index in [1.807, 2.05) is 32.0 Å². The molecule has 0 unspecified atom stereocenters. The molecule has 39 heavy (non-hydrogen) atoms. The molecule has 2 atom stereocenters. The van der Waals surface area contributed by atoms with Gasteiger partial charge in [-0.1, -0.05) is 11.2 Å². The maximum atomic E-state index is 15.0. The molecule has 1 saturated carbocycles. The first kappa shape index (κ1) is 25.6. The van der Waals surface area contributed by atoms with Gasteiger partial charge < -0.3 is 13.8 Å². The maximum Gasteiger partial charge on any atom is 0.262 e. The van der Waals surface area contributed by atoms with E-state index in [0.717, 1.165) is 60.2 Å². The highest BCUT2D eigenvalue weighted by Gasteiger charge is 2.45. The largest absolute Gasteiger partial charge is 0.381 e. The first-order chi connectivity index (χ1) is 18.8. The van der Waals surface area contributed by atoms with Gasteiger partial charge in [-0.3, -0.25) is 9.69 Å². The van der Waals surface area contributed by atoms with E-state index in [0.29, 0.717) is 17.1 Å². The highest BCUT2D eigenvalue weighted by Crippen LogP contribution is 2.43. The Balaban J connectivity index is 1.50. The molecule has 7 nitrogen and oxygen atoms in total. The molecular formula is C29H29F3N4O3. The van der Waals surface area contributed by atoms with Crippen LogP contribution in [-0.2, 0) is 9.53 Å². The molecule has 1 amide bonds. The first-order valence-electron chi connectivity index (χ1n) is 13.2. The summed E-state index contributed by atoms with van der Waals surface area (Å²) < 4.78 is 55.9. The van der Waals surface area contributed by atoms with E-state index in [2.05, 4.69) is 9.72 Å². The van der Waals surface area contributed by atoms with Gasteiger partial charge in [0.25, 0.3) is 5.91 Å². The Kier molecular flexibility index (Phi) is 6.45. The number of aromatic nitrogens is 3. The van der Waals surface area contributed by atoms with Crippen LogP contribution in [-0.4, -0.2) is 40.0 Å². The molecule has 10 heteroatoms. The summed E-state index contributed by atoms with van der Waals surface area (Å²) in [5.74, 6) is -1.70. The van der Waals surface area contributed by atoms with E-state index in [1.165, 1.54) is 11.0 Å². The molecule has 2 aliphatic rings. The fourth-order valence-electron chi connectivity index (χ4n) is 6.20. The zero-order chi connectivity index (χ0) is 27.4. The Hall–Kier alpha value is -3.66. The van der Waals surface area contributed by atoms with Gasteiger partial charge in [0.2, 0.25) is 0 Å². The SMILES string of the molecule is CO[C@H]1CC[C@H](n2c([C@@H]3C[C@H](F)C(=O)N3c3ccc(F)c(F)c3)nc3cc(-c4c(C)noc4C)ccc32)CC1. The molecule has 1 saturated heterocycles. The van der Waals surface area contributed by atoms with Crippen LogP contribution in [0.4, 0.5) is 18.9 Å². The molecule has 4 aromatic rings. The van der Waals surface area contributed by atoms with Crippen LogP contribution in [0.2, 0.25) is 0 Å². The number of imidazole rings is 1. The number of carbonyl (C=O) groups excluding carboxylic acids is 1. The molecular weight excluding hydrogens is 509 g/mol. The van der Waals surface area contributed by atoms with Gasteiger partial charge in [-0.05, 0) is 69.4 Å². The van der Waals surface area contributed by atoms with Gasteiger partial charge in [-0.2, -0.15) is 0 Å². The lowest BCUT2D eigenvalue weighted by atomic mass is 9.92. The lowest BCUT2D eigenvalue weighted by Crippen LogP contribution is -2.32. The van der Waals surface area contributed by atoms with Crippen molar-refractivity contribution in [3.05, 3.63) is 65.3 Å². The van der Waals surface area contributed by atoms with Crippen molar-refractivity contribution in [2.24, 2.45) is 0 Å². The average Bonchev–Trinajstić information content (AvgIpc) is 3.57. The van der Waals surface area contributed by atoms with E-state index >= 15 is 4.39 Å². The second-order valence-corrected chi connectivity index (χ2v) is 10.4. The predicted octanol–water partition coefficient (Wildman–Crippen LogP) is 6.53. The molecule has 204 valence electrons. The number of hydrogen-bond acceptors (Lipinski definition) is 5.